The van der Waals surface area contributed by atoms with E-state index in [-0.39, 0.29) is 0 Å². The molecular weight excluding hydrogens is 274 g/mol. The van der Waals surface area contributed by atoms with Crippen molar-refractivity contribution in [2.45, 2.75) is 12.6 Å². The van der Waals surface area contributed by atoms with Crippen LogP contribution < -0.4 is 11.2 Å². The molecule has 1 aliphatic rings. The Morgan fingerprint density at radius 2 is 1.90 bits per heavy atom. The van der Waals surface area contributed by atoms with E-state index in [0.717, 1.165) is 5.69 Å². The van der Waals surface area contributed by atoms with Gasteiger partial charge in [-0.25, -0.2) is 5.32 Å². The standard InChI is InChI=1S/C15H14ClN3O/c1-10-18-14-8-7-12(16)9-13(14)15(20,19(10)17)11-5-3-2-4-6-11/h2-9,20H,17H2,1H3/p+1. The summed E-state index contributed by atoms with van der Waals surface area (Å²) in [5.41, 5.74) is 0.660. The molecule has 0 fully saturated rings. The fraction of sp³-hybridized carbons (Fsp3) is 0.133. The number of nitrogens with one attached hydrogen (secondary N) is 1. The first-order valence-corrected chi connectivity index (χ1v) is 6.64. The number of amidine groups is 1. The third-order valence-electron chi connectivity index (χ3n) is 3.56. The maximum atomic E-state index is 11.2. The van der Waals surface area contributed by atoms with Gasteiger partial charge >= 0.3 is 0 Å². The maximum Gasteiger partial charge on any atom is 0.286 e. The lowest BCUT2D eigenvalue weighted by Crippen LogP contribution is -2.52. The molecule has 102 valence electrons. The Kier molecular flexibility index (Phi) is 2.92. The van der Waals surface area contributed by atoms with Crippen molar-refractivity contribution in [3.05, 3.63) is 64.7 Å². The Balaban J connectivity index is 2.31. The molecule has 1 heterocycles. The molecule has 0 aliphatic carbocycles. The van der Waals surface area contributed by atoms with Crippen molar-refractivity contribution in [1.29, 1.82) is 0 Å². The SMILES string of the molecule is CC1=[N+](N)C(O)(c2ccccc2)c2cc(Cl)ccc2N1. The van der Waals surface area contributed by atoms with E-state index in [0.29, 0.717) is 22.0 Å². The van der Waals surface area contributed by atoms with Crippen molar-refractivity contribution >= 4 is 23.1 Å². The topological polar surface area (TPSA) is 61.3 Å². The second kappa shape index (κ2) is 4.51. The molecule has 5 heteroatoms. The fourth-order valence-corrected chi connectivity index (χ4v) is 2.68. The van der Waals surface area contributed by atoms with Crippen molar-refractivity contribution in [1.82, 2.24) is 0 Å². The third kappa shape index (κ3) is 1.77. The molecule has 0 radical (unpaired) electrons. The number of fused-ring (bicyclic) bond motifs is 1. The predicted octanol–water partition coefficient (Wildman–Crippen LogP) is 2.26. The fourth-order valence-electron chi connectivity index (χ4n) is 2.51. The lowest BCUT2D eigenvalue weighted by atomic mass is 9.91. The van der Waals surface area contributed by atoms with Gasteiger partial charge in [-0.1, -0.05) is 41.9 Å². The van der Waals surface area contributed by atoms with Crippen LogP contribution in [-0.2, 0) is 5.72 Å². The molecule has 4 N–H and O–H groups in total. The van der Waals surface area contributed by atoms with E-state index in [2.05, 4.69) is 5.32 Å². The van der Waals surface area contributed by atoms with E-state index in [1.54, 1.807) is 12.1 Å². The second-order valence-electron chi connectivity index (χ2n) is 4.81. The number of rotatable bonds is 1. The summed E-state index contributed by atoms with van der Waals surface area (Å²) in [6.45, 7) is 1.81. The van der Waals surface area contributed by atoms with Gasteiger partial charge in [0, 0.05) is 17.5 Å². The van der Waals surface area contributed by atoms with Crippen LogP contribution in [0.15, 0.2) is 48.5 Å². The lowest BCUT2D eigenvalue weighted by Gasteiger charge is -2.31. The van der Waals surface area contributed by atoms with E-state index in [1.165, 1.54) is 4.68 Å². The van der Waals surface area contributed by atoms with Crippen LogP contribution in [0.2, 0.25) is 5.02 Å². The van der Waals surface area contributed by atoms with E-state index in [9.17, 15) is 5.11 Å². The molecule has 1 atom stereocenters. The molecule has 20 heavy (non-hydrogen) atoms. The third-order valence-corrected chi connectivity index (χ3v) is 3.79. The zero-order valence-corrected chi connectivity index (χ0v) is 11.7. The first kappa shape index (κ1) is 13.0. The van der Waals surface area contributed by atoms with E-state index in [1.807, 2.05) is 43.3 Å². The van der Waals surface area contributed by atoms with Gasteiger partial charge < -0.3 is 5.11 Å². The number of hydrazone groups is 1. The molecule has 4 nitrogen and oxygen atoms in total. The zero-order chi connectivity index (χ0) is 14.3. The van der Waals surface area contributed by atoms with Gasteiger partial charge in [0.1, 0.15) is 5.69 Å². The molecule has 1 unspecified atom stereocenters. The number of hydrazine groups is 1. The molecule has 3 rings (SSSR count). The van der Waals surface area contributed by atoms with Gasteiger partial charge in [-0.15, -0.1) is 4.68 Å². The number of aliphatic hydroxyl groups is 1. The number of hydrogen-bond acceptors (Lipinski definition) is 3. The molecule has 0 amide bonds. The monoisotopic (exact) mass is 288 g/mol. The quantitative estimate of drug-likeness (QED) is 0.557. The highest BCUT2D eigenvalue weighted by Crippen LogP contribution is 2.38. The lowest BCUT2D eigenvalue weighted by molar-refractivity contribution is -0.667. The minimum absolute atomic E-state index is 0.549. The highest BCUT2D eigenvalue weighted by atomic mass is 35.5. The molecule has 0 aromatic heterocycles. The van der Waals surface area contributed by atoms with Gasteiger partial charge in [0.05, 0.1) is 5.56 Å². The summed E-state index contributed by atoms with van der Waals surface area (Å²) >= 11 is 6.07. The normalized spacial score (nSPS) is 21.4. The van der Waals surface area contributed by atoms with Crippen molar-refractivity contribution < 1.29 is 9.79 Å². The summed E-state index contributed by atoms with van der Waals surface area (Å²) in [7, 11) is 0. The van der Waals surface area contributed by atoms with Crippen molar-refractivity contribution in [3.63, 3.8) is 0 Å². The van der Waals surface area contributed by atoms with Gasteiger partial charge in [0.15, 0.2) is 0 Å². The summed E-state index contributed by atoms with van der Waals surface area (Å²) in [4.78, 5) is 0. The van der Waals surface area contributed by atoms with Crippen LogP contribution in [0.5, 0.6) is 0 Å². The first-order valence-electron chi connectivity index (χ1n) is 6.27. The summed E-state index contributed by atoms with van der Waals surface area (Å²) in [6, 6.07) is 14.6. The minimum atomic E-state index is -1.45. The number of halogens is 1. The van der Waals surface area contributed by atoms with Gasteiger partial charge in [-0.2, -0.15) is 0 Å². The number of benzene rings is 2. The van der Waals surface area contributed by atoms with Gasteiger partial charge in [-0.3, -0.25) is 5.84 Å². The first-order chi connectivity index (χ1) is 9.53. The summed E-state index contributed by atoms with van der Waals surface area (Å²) < 4.78 is 1.32. The Morgan fingerprint density at radius 1 is 1.20 bits per heavy atom. The van der Waals surface area contributed by atoms with Gasteiger partial charge in [-0.05, 0) is 18.2 Å². The van der Waals surface area contributed by atoms with Crippen LogP contribution in [0, 0.1) is 0 Å². The Morgan fingerprint density at radius 3 is 2.60 bits per heavy atom. The number of nitrogens with zero attached hydrogens (tertiary/aromatic N) is 1. The minimum Gasteiger partial charge on any atom is -0.344 e. The molecule has 1 aliphatic heterocycles. The van der Waals surface area contributed by atoms with E-state index in [4.69, 9.17) is 17.4 Å². The molecule has 0 spiro atoms. The van der Waals surface area contributed by atoms with Crippen molar-refractivity contribution in [2.75, 3.05) is 5.32 Å². The molecular formula is C15H15ClN3O+. The molecule has 0 saturated carbocycles. The number of hydrogen-bond donors (Lipinski definition) is 3. The van der Waals surface area contributed by atoms with Crippen LogP contribution >= 0.6 is 11.6 Å². The van der Waals surface area contributed by atoms with Crippen LogP contribution in [-0.4, -0.2) is 15.6 Å². The average Bonchev–Trinajstić information content (AvgIpc) is 2.47. The molecule has 0 bridgehead atoms. The predicted molar refractivity (Wildman–Crippen MR) is 79.6 cm³/mol. The summed E-state index contributed by atoms with van der Waals surface area (Å²) in [5, 5.41) is 14.9. The Labute approximate surface area is 122 Å². The highest BCUT2D eigenvalue weighted by molar-refractivity contribution is 6.30. The zero-order valence-electron chi connectivity index (χ0n) is 11.0. The van der Waals surface area contributed by atoms with Crippen LogP contribution in [0.25, 0.3) is 0 Å². The van der Waals surface area contributed by atoms with Crippen molar-refractivity contribution in [3.8, 4) is 0 Å². The van der Waals surface area contributed by atoms with Crippen LogP contribution in [0.1, 0.15) is 18.1 Å². The second-order valence-corrected chi connectivity index (χ2v) is 5.24. The van der Waals surface area contributed by atoms with Gasteiger partial charge in [0.2, 0.25) is 0 Å². The number of anilines is 1. The van der Waals surface area contributed by atoms with Crippen molar-refractivity contribution in [2.24, 2.45) is 5.84 Å². The Bertz CT molecular complexity index is 700. The highest BCUT2D eigenvalue weighted by Gasteiger charge is 2.46. The van der Waals surface area contributed by atoms with Crippen LogP contribution in [0.3, 0.4) is 0 Å². The smallest absolute Gasteiger partial charge is 0.286 e. The van der Waals surface area contributed by atoms with E-state index >= 15 is 0 Å². The van der Waals surface area contributed by atoms with E-state index < -0.39 is 5.72 Å². The largest absolute Gasteiger partial charge is 0.344 e. The summed E-state index contributed by atoms with van der Waals surface area (Å²) in [5.74, 6) is 6.75. The Hall–Kier alpha value is -2.04. The maximum absolute atomic E-state index is 11.2. The molecule has 2 aromatic carbocycles. The molecule has 2 aromatic rings. The van der Waals surface area contributed by atoms with Gasteiger partial charge in [0.25, 0.3) is 11.6 Å². The average molecular weight is 289 g/mol. The number of nitrogens with two attached hydrogens (primary N) is 1. The summed E-state index contributed by atoms with van der Waals surface area (Å²) in [6.07, 6.45) is 0. The van der Waals surface area contributed by atoms with Crippen LogP contribution in [0.4, 0.5) is 5.69 Å². The molecule has 0 saturated heterocycles.